The predicted molar refractivity (Wildman–Crippen MR) is 45.4 cm³/mol. The van der Waals surface area contributed by atoms with E-state index in [-0.39, 0.29) is 6.61 Å². The maximum atomic E-state index is 11.6. The molecular weight excluding hydrogens is 222 g/mol. The van der Waals surface area contributed by atoms with Crippen molar-refractivity contribution < 1.29 is 13.5 Å². The number of halogens is 3. The molecule has 3 nitrogen and oxygen atoms in total. The lowest BCUT2D eigenvalue weighted by molar-refractivity contribution is 0.0186. The first-order valence-corrected chi connectivity index (χ1v) is 4.71. The lowest BCUT2D eigenvalue weighted by Crippen LogP contribution is -2.06. The van der Waals surface area contributed by atoms with E-state index in [1.165, 1.54) is 11.3 Å². The van der Waals surface area contributed by atoms with Crippen molar-refractivity contribution in [3.63, 3.8) is 0 Å². The number of hydrogen-bond acceptors (Lipinski definition) is 4. The highest BCUT2D eigenvalue weighted by atomic mass is 35.5. The Morgan fingerprint density at radius 1 is 1.46 bits per heavy atom. The van der Waals surface area contributed by atoms with Gasteiger partial charge in [0.15, 0.2) is 0 Å². The van der Waals surface area contributed by atoms with Crippen LogP contribution in [-0.2, 0) is 11.2 Å². The Bertz CT molecular complexity index is 259. The lowest BCUT2D eigenvalue weighted by Gasteiger charge is -1.99. The minimum atomic E-state index is -2.42. The Morgan fingerprint density at radius 3 is 2.77 bits per heavy atom. The molecular formula is C6H7ClF2N2OS. The van der Waals surface area contributed by atoms with Gasteiger partial charge in [-0.2, -0.15) is 0 Å². The maximum absolute atomic E-state index is 11.6. The molecule has 13 heavy (non-hydrogen) atoms. The molecule has 1 heterocycles. The molecule has 0 radical (unpaired) electrons. The summed E-state index contributed by atoms with van der Waals surface area (Å²) in [5.74, 6) is 0. The minimum Gasteiger partial charge on any atom is -0.375 e. The van der Waals surface area contributed by atoms with Crippen LogP contribution in [0.3, 0.4) is 0 Å². The van der Waals surface area contributed by atoms with Crippen molar-refractivity contribution in [2.45, 2.75) is 12.8 Å². The molecule has 1 aromatic rings. The molecule has 74 valence electrons. The van der Waals surface area contributed by atoms with Crippen LogP contribution in [0.2, 0.25) is 4.47 Å². The van der Waals surface area contributed by atoms with Gasteiger partial charge in [0, 0.05) is 6.42 Å². The third kappa shape index (κ3) is 4.44. The summed E-state index contributed by atoms with van der Waals surface area (Å²) in [6.45, 7) is -0.317. The molecule has 1 rings (SSSR count). The van der Waals surface area contributed by atoms with Crippen LogP contribution in [0.5, 0.6) is 0 Å². The van der Waals surface area contributed by atoms with Crippen molar-refractivity contribution in [1.29, 1.82) is 0 Å². The predicted octanol–water partition coefficient (Wildman–Crippen LogP) is 2.02. The van der Waals surface area contributed by atoms with Gasteiger partial charge in [0.25, 0.3) is 6.43 Å². The van der Waals surface area contributed by atoms with Gasteiger partial charge in [-0.3, -0.25) is 0 Å². The second-order valence-electron chi connectivity index (χ2n) is 2.16. The first-order chi connectivity index (χ1) is 6.18. The SMILES string of the molecule is FC(F)COCCc1nnc(Cl)s1. The standard InChI is InChI=1S/C6H7ClF2N2OS/c7-6-11-10-5(13-6)1-2-12-3-4(8)9/h4H,1-3H2. The summed E-state index contributed by atoms with van der Waals surface area (Å²) in [5.41, 5.74) is 0. The van der Waals surface area contributed by atoms with Gasteiger partial charge in [-0.15, -0.1) is 10.2 Å². The molecule has 0 aliphatic carbocycles. The zero-order chi connectivity index (χ0) is 9.68. The number of alkyl halides is 2. The van der Waals surface area contributed by atoms with Gasteiger partial charge in [-0.1, -0.05) is 11.3 Å². The molecule has 0 aliphatic rings. The maximum Gasteiger partial charge on any atom is 0.261 e. The van der Waals surface area contributed by atoms with Crippen LogP contribution in [0.4, 0.5) is 8.78 Å². The Labute approximate surface area is 82.7 Å². The van der Waals surface area contributed by atoms with E-state index < -0.39 is 13.0 Å². The fraction of sp³-hybridized carbons (Fsp3) is 0.667. The van der Waals surface area contributed by atoms with Crippen LogP contribution in [0, 0.1) is 0 Å². The van der Waals surface area contributed by atoms with E-state index in [9.17, 15) is 8.78 Å². The van der Waals surface area contributed by atoms with Gasteiger partial charge in [-0.05, 0) is 11.6 Å². The summed E-state index contributed by atoms with van der Waals surface area (Å²) in [6, 6.07) is 0. The highest BCUT2D eigenvalue weighted by molar-refractivity contribution is 7.15. The summed E-state index contributed by atoms with van der Waals surface area (Å²) in [6.07, 6.45) is -1.95. The highest BCUT2D eigenvalue weighted by Gasteiger charge is 2.04. The quantitative estimate of drug-likeness (QED) is 0.724. The van der Waals surface area contributed by atoms with Crippen LogP contribution in [0.25, 0.3) is 0 Å². The van der Waals surface area contributed by atoms with Gasteiger partial charge in [-0.25, -0.2) is 8.78 Å². The van der Waals surface area contributed by atoms with Gasteiger partial charge >= 0.3 is 0 Å². The fourth-order valence-corrected chi connectivity index (χ4v) is 1.51. The van der Waals surface area contributed by atoms with Crippen molar-refractivity contribution in [2.75, 3.05) is 13.2 Å². The molecule has 0 atom stereocenters. The average molecular weight is 229 g/mol. The van der Waals surface area contributed by atoms with Crippen LogP contribution in [0.15, 0.2) is 0 Å². The van der Waals surface area contributed by atoms with Crippen molar-refractivity contribution in [2.24, 2.45) is 0 Å². The van der Waals surface area contributed by atoms with E-state index in [2.05, 4.69) is 14.9 Å². The number of nitrogens with zero attached hydrogens (tertiary/aromatic N) is 2. The van der Waals surface area contributed by atoms with Crippen molar-refractivity contribution in [1.82, 2.24) is 10.2 Å². The van der Waals surface area contributed by atoms with Gasteiger partial charge in [0.1, 0.15) is 11.6 Å². The number of hydrogen-bond donors (Lipinski definition) is 0. The molecule has 0 saturated carbocycles. The van der Waals surface area contributed by atoms with Gasteiger partial charge < -0.3 is 4.74 Å². The normalized spacial score (nSPS) is 11.1. The van der Waals surface area contributed by atoms with E-state index in [1.54, 1.807) is 0 Å². The van der Waals surface area contributed by atoms with Crippen molar-refractivity contribution in [3.8, 4) is 0 Å². The molecule has 0 aromatic carbocycles. The fourth-order valence-electron chi connectivity index (χ4n) is 0.666. The van der Waals surface area contributed by atoms with Crippen LogP contribution in [0.1, 0.15) is 5.01 Å². The largest absolute Gasteiger partial charge is 0.375 e. The van der Waals surface area contributed by atoms with Crippen molar-refractivity contribution in [3.05, 3.63) is 9.47 Å². The van der Waals surface area contributed by atoms with E-state index >= 15 is 0 Å². The molecule has 0 unspecified atom stereocenters. The summed E-state index contributed by atoms with van der Waals surface area (Å²) >= 11 is 6.73. The van der Waals surface area contributed by atoms with E-state index in [4.69, 9.17) is 11.6 Å². The average Bonchev–Trinajstić information content (AvgIpc) is 2.45. The van der Waals surface area contributed by atoms with Crippen molar-refractivity contribution >= 4 is 22.9 Å². The smallest absolute Gasteiger partial charge is 0.261 e. The zero-order valence-electron chi connectivity index (χ0n) is 6.54. The molecule has 0 N–H and O–H groups in total. The van der Waals surface area contributed by atoms with Gasteiger partial charge in [0.2, 0.25) is 4.47 Å². The van der Waals surface area contributed by atoms with Crippen LogP contribution < -0.4 is 0 Å². The van der Waals surface area contributed by atoms with E-state index in [1.807, 2.05) is 0 Å². The number of aromatic nitrogens is 2. The summed E-state index contributed by atoms with van der Waals surface area (Å²) in [5, 5.41) is 7.96. The zero-order valence-corrected chi connectivity index (χ0v) is 8.12. The Hall–Kier alpha value is -0.330. The lowest BCUT2D eigenvalue weighted by atomic mass is 10.5. The summed E-state index contributed by atoms with van der Waals surface area (Å²) in [4.78, 5) is 0. The number of ether oxygens (including phenoxy) is 1. The third-order valence-corrected chi connectivity index (χ3v) is 2.22. The molecule has 0 amide bonds. The van der Waals surface area contributed by atoms with Gasteiger partial charge in [0.05, 0.1) is 6.61 Å². The van der Waals surface area contributed by atoms with E-state index in [0.29, 0.717) is 15.9 Å². The Balaban J connectivity index is 2.13. The second-order valence-corrected chi connectivity index (χ2v) is 3.81. The third-order valence-electron chi connectivity index (χ3n) is 1.15. The molecule has 1 aromatic heterocycles. The van der Waals surface area contributed by atoms with Crippen LogP contribution in [-0.4, -0.2) is 29.8 Å². The minimum absolute atomic E-state index is 0.218. The molecule has 0 aliphatic heterocycles. The molecule has 0 fully saturated rings. The van der Waals surface area contributed by atoms with Crippen LogP contribution >= 0.6 is 22.9 Å². The Morgan fingerprint density at radius 2 is 2.23 bits per heavy atom. The molecule has 0 spiro atoms. The highest BCUT2D eigenvalue weighted by Crippen LogP contribution is 2.14. The summed E-state index contributed by atoms with van der Waals surface area (Å²) in [7, 11) is 0. The molecule has 0 saturated heterocycles. The topological polar surface area (TPSA) is 35.0 Å². The summed E-state index contributed by atoms with van der Waals surface area (Å²) < 4.78 is 28.2. The number of rotatable bonds is 5. The van der Waals surface area contributed by atoms with E-state index in [0.717, 1.165) is 0 Å². The second kappa shape index (κ2) is 5.41. The first kappa shape index (κ1) is 10.7. The molecule has 7 heteroatoms. The Kier molecular flexibility index (Phi) is 4.47. The molecule has 0 bridgehead atoms. The monoisotopic (exact) mass is 228 g/mol. The first-order valence-electron chi connectivity index (χ1n) is 3.52.